The molecule has 0 amide bonds. The van der Waals surface area contributed by atoms with E-state index in [1.807, 2.05) is 0 Å². The van der Waals surface area contributed by atoms with Gasteiger partial charge in [-0.3, -0.25) is 0 Å². The fourth-order valence-electron chi connectivity index (χ4n) is 0.794. The third-order valence-electron chi connectivity index (χ3n) is 1.41. The van der Waals surface area contributed by atoms with E-state index in [0.29, 0.717) is 0 Å². The van der Waals surface area contributed by atoms with Gasteiger partial charge in [0.1, 0.15) is 5.75 Å². The summed E-state index contributed by atoms with van der Waals surface area (Å²) in [6.45, 7) is 0. The van der Waals surface area contributed by atoms with Gasteiger partial charge in [0.2, 0.25) is 0 Å². The predicted molar refractivity (Wildman–Crippen MR) is 50.4 cm³/mol. The number of thiocarbonyl (C=S) groups is 1. The van der Waals surface area contributed by atoms with Crippen molar-refractivity contribution in [2.45, 2.75) is 6.18 Å². The van der Waals surface area contributed by atoms with Crippen molar-refractivity contribution in [2.24, 2.45) is 0 Å². The summed E-state index contributed by atoms with van der Waals surface area (Å²) in [5.74, 6) is -0.101. The first-order valence-corrected chi connectivity index (χ1v) is 4.13. The van der Waals surface area contributed by atoms with E-state index in [1.54, 1.807) is 6.07 Å². The molecule has 0 saturated carbocycles. The molecule has 0 aliphatic carbocycles. The summed E-state index contributed by atoms with van der Waals surface area (Å²) in [7, 11) is 0. The van der Waals surface area contributed by atoms with Crippen LogP contribution in [0, 0.1) is 11.3 Å². The Kier molecular flexibility index (Phi) is 3.27. The fourth-order valence-corrected chi connectivity index (χ4v) is 0.890. The number of ether oxygens (including phenoxy) is 1. The van der Waals surface area contributed by atoms with Crippen LogP contribution in [0.1, 0.15) is 5.56 Å². The number of hydrogen-bond donors (Lipinski definition) is 0. The molecule has 6 heteroatoms. The highest BCUT2D eigenvalue weighted by Gasteiger charge is 2.36. The maximum atomic E-state index is 12.0. The van der Waals surface area contributed by atoms with E-state index in [-0.39, 0.29) is 11.3 Å². The Bertz CT molecular complexity index is 422. The topological polar surface area (TPSA) is 33.0 Å². The van der Waals surface area contributed by atoms with Crippen molar-refractivity contribution in [2.75, 3.05) is 0 Å². The molecule has 0 aliphatic heterocycles. The Hall–Kier alpha value is -1.61. The first-order valence-electron chi connectivity index (χ1n) is 3.72. The third-order valence-corrected chi connectivity index (χ3v) is 1.72. The molecule has 0 saturated heterocycles. The van der Waals surface area contributed by atoms with Crippen LogP contribution in [0.5, 0.6) is 5.75 Å². The molecule has 1 rings (SSSR count). The summed E-state index contributed by atoms with van der Waals surface area (Å²) < 4.78 is 40.3. The smallest absolute Gasteiger partial charge is 0.441 e. The lowest BCUT2D eigenvalue weighted by atomic mass is 10.2. The van der Waals surface area contributed by atoms with Gasteiger partial charge in [0.05, 0.1) is 11.6 Å². The number of halogens is 3. The molecule has 0 radical (unpaired) electrons. The highest BCUT2D eigenvalue weighted by atomic mass is 32.1. The Balaban J connectivity index is 2.83. The summed E-state index contributed by atoms with van der Waals surface area (Å²) in [4.78, 5) is 0. The van der Waals surface area contributed by atoms with E-state index < -0.39 is 11.2 Å². The summed E-state index contributed by atoms with van der Waals surface area (Å²) in [5, 5.41) is 7.02. The zero-order chi connectivity index (χ0) is 11.5. The molecule has 78 valence electrons. The van der Waals surface area contributed by atoms with E-state index in [0.717, 1.165) is 0 Å². The maximum Gasteiger partial charge on any atom is 0.460 e. The van der Waals surface area contributed by atoms with Crippen molar-refractivity contribution in [3.63, 3.8) is 0 Å². The molecule has 0 N–H and O–H groups in total. The second kappa shape index (κ2) is 4.28. The van der Waals surface area contributed by atoms with Crippen molar-refractivity contribution >= 4 is 17.3 Å². The average molecular weight is 231 g/mol. The molecule has 15 heavy (non-hydrogen) atoms. The van der Waals surface area contributed by atoms with Gasteiger partial charge in [0, 0.05) is 0 Å². The lowest BCUT2D eigenvalue weighted by molar-refractivity contribution is -0.0676. The zero-order valence-corrected chi connectivity index (χ0v) is 8.02. The first kappa shape index (κ1) is 11.5. The van der Waals surface area contributed by atoms with Crippen LogP contribution in [0.15, 0.2) is 24.3 Å². The lowest BCUT2D eigenvalue weighted by Crippen LogP contribution is -2.26. The molecular weight excluding hydrogens is 227 g/mol. The SMILES string of the molecule is N#Cc1cccc(OC(=S)C(F)(F)F)c1. The summed E-state index contributed by atoms with van der Waals surface area (Å²) in [6, 6.07) is 7.10. The van der Waals surface area contributed by atoms with E-state index in [1.165, 1.54) is 24.3 Å². The van der Waals surface area contributed by atoms with Crippen LogP contribution in [0.2, 0.25) is 0 Å². The normalized spacial score (nSPS) is 10.5. The maximum absolute atomic E-state index is 12.0. The Labute approximate surface area is 88.9 Å². The van der Waals surface area contributed by atoms with Gasteiger partial charge in [-0.15, -0.1) is 0 Å². The minimum Gasteiger partial charge on any atom is -0.441 e. The molecule has 0 aromatic heterocycles. The standard InChI is InChI=1S/C9H4F3NOS/c10-9(11,12)8(15)14-7-3-1-2-6(4-7)5-13/h1-4H. The fraction of sp³-hybridized carbons (Fsp3) is 0.111. The summed E-state index contributed by atoms with van der Waals surface area (Å²) >= 11 is 4.02. The summed E-state index contributed by atoms with van der Waals surface area (Å²) in [5.41, 5.74) is 0.206. The Morgan fingerprint density at radius 1 is 1.40 bits per heavy atom. The zero-order valence-electron chi connectivity index (χ0n) is 7.21. The minimum atomic E-state index is -4.67. The van der Waals surface area contributed by atoms with Crippen LogP contribution in [0.4, 0.5) is 13.2 Å². The monoisotopic (exact) mass is 231 g/mol. The molecule has 0 spiro atoms. The van der Waals surface area contributed by atoms with Crippen molar-refractivity contribution < 1.29 is 17.9 Å². The Morgan fingerprint density at radius 3 is 2.60 bits per heavy atom. The molecule has 0 fully saturated rings. The number of alkyl halides is 3. The molecule has 0 unspecified atom stereocenters. The first-order chi connectivity index (χ1) is 6.93. The number of hydrogen-bond acceptors (Lipinski definition) is 3. The van der Waals surface area contributed by atoms with Gasteiger partial charge in [0.15, 0.2) is 0 Å². The molecule has 0 atom stereocenters. The second-order valence-corrected chi connectivity index (χ2v) is 2.90. The van der Waals surface area contributed by atoms with Crippen molar-refractivity contribution in [3.8, 4) is 11.8 Å². The van der Waals surface area contributed by atoms with Crippen LogP contribution in [0.3, 0.4) is 0 Å². The van der Waals surface area contributed by atoms with E-state index >= 15 is 0 Å². The van der Waals surface area contributed by atoms with Gasteiger partial charge in [-0.25, -0.2) is 0 Å². The van der Waals surface area contributed by atoms with Gasteiger partial charge >= 0.3 is 6.18 Å². The third kappa shape index (κ3) is 3.22. The quantitative estimate of drug-likeness (QED) is 0.697. The van der Waals surface area contributed by atoms with Gasteiger partial charge in [-0.05, 0) is 30.4 Å². The minimum absolute atomic E-state index is 0.101. The van der Waals surface area contributed by atoms with Crippen LogP contribution < -0.4 is 4.74 Å². The van der Waals surface area contributed by atoms with Crippen LogP contribution >= 0.6 is 12.2 Å². The van der Waals surface area contributed by atoms with E-state index in [4.69, 9.17) is 5.26 Å². The van der Waals surface area contributed by atoms with Gasteiger partial charge in [0.25, 0.3) is 5.05 Å². The van der Waals surface area contributed by atoms with E-state index in [9.17, 15) is 13.2 Å². The number of benzene rings is 1. The summed E-state index contributed by atoms with van der Waals surface area (Å²) in [6.07, 6.45) is -4.67. The Morgan fingerprint density at radius 2 is 2.07 bits per heavy atom. The molecule has 1 aromatic rings. The highest BCUT2D eigenvalue weighted by Crippen LogP contribution is 2.21. The lowest BCUT2D eigenvalue weighted by Gasteiger charge is -2.09. The van der Waals surface area contributed by atoms with Gasteiger partial charge in [-0.2, -0.15) is 18.4 Å². The molecule has 0 aliphatic rings. The van der Waals surface area contributed by atoms with Crippen molar-refractivity contribution in [3.05, 3.63) is 29.8 Å². The van der Waals surface area contributed by atoms with Gasteiger partial charge < -0.3 is 4.74 Å². The molecule has 1 aromatic carbocycles. The van der Waals surface area contributed by atoms with Crippen LogP contribution in [-0.4, -0.2) is 11.2 Å². The average Bonchev–Trinajstić information content (AvgIpc) is 2.16. The number of nitriles is 1. The molecule has 0 bridgehead atoms. The largest absolute Gasteiger partial charge is 0.460 e. The van der Waals surface area contributed by atoms with E-state index in [2.05, 4.69) is 17.0 Å². The van der Waals surface area contributed by atoms with Crippen LogP contribution in [-0.2, 0) is 0 Å². The second-order valence-electron chi connectivity index (χ2n) is 2.53. The predicted octanol–water partition coefficient (Wildman–Crippen LogP) is 2.83. The van der Waals surface area contributed by atoms with Crippen LogP contribution in [0.25, 0.3) is 0 Å². The number of rotatable bonds is 1. The molecule has 2 nitrogen and oxygen atoms in total. The molecule has 0 heterocycles. The highest BCUT2D eigenvalue weighted by molar-refractivity contribution is 7.80. The molecular formula is C9H4F3NOS. The van der Waals surface area contributed by atoms with Crippen molar-refractivity contribution in [1.29, 1.82) is 5.26 Å². The number of nitrogens with zero attached hydrogens (tertiary/aromatic N) is 1. The van der Waals surface area contributed by atoms with Crippen molar-refractivity contribution in [1.82, 2.24) is 0 Å². The van der Waals surface area contributed by atoms with Gasteiger partial charge in [-0.1, -0.05) is 6.07 Å².